The number of aliphatic hydroxyl groups excluding tert-OH is 4. The lowest BCUT2D eigenvalue weighted by atomic mass is 9.99. The molecule has 1 aliphatic rings. The smallest absolute Gasteiger partial charge is 0.336 e. The summed E-state index contributed by atoms with van der Waals surface area (Å²) in [5.74, 6) is -2.18. The van der Waals surface area contributed by atoms with E-state index in [4.69, 9.17) is 18.6 Å². The van der Waals surface area contributed by atoms with Crippen LogP contribution in [0.2, 0.25) is 0 Å². The van der Waals surface area contributed by atoms with Crippen molar-refractivity contribution in [3.8, 4) is 23.0 Å². The number of methoxy groups -OCH3 is 1. The van der Waals surface area contributed by atoms with Crippen molar-refractivity contribution in [2.24, 2.45) is 0 Å². The highest BCUT2D eigenvalue weighted by molar-refractivity contribution is 5.94. The van der Waals surface area contributed by atoms with Crippen LogP contribution in [0.3, 0.4) is 0 Å². The van der Waals surface area contributed by atoms with Crippen molar-refractivity contribution in [3.05, 3.63) is 22.6 Å². The van der Waals surface area contributed by atoms with Crippen LogP contribution < -0.4 is 15.1 Å². The van der Waals surface area contributed by atoms with Crippen LogP contribution in [0.5, 0.6) is 23.0 Å². The van der Waals surface area contributed by atoms with Crippen molar-refractivity contribution in [3.63, 3.8) is 0 Å². The lowest BCUT2D eigenvalue weighted by Gasteiger charge is -2.39. The lowest BCUT2D eigenvalue weighted by Crippen LogP contribution is -2.60. The molecular weight excluding hydrogens is 368 g/mol. The second-order valence-corrected chi connectivity index (χ2v) is 5.87. The molecular formula is C16H18O11. The number of phenolic OH excluding ortho intramolecular Hbond substituents is 2. The van der Waals surface area contributed by atoms with Gasteiger partial charge in [0.05, 0.1) is 19.1 Å². The zero-order chi connectivity index (χ0) is 19.9. The molecule has 11 heteroatoms. The Labute approximate surface area is 151 Å². The fraction of sp³-hybridized carbons (Fsp3) is 0.438. The molecule has 0 spiro atoms. The standard InChI is InChI=1S/C16H18O11/c1-24-15-11(22)10(21)13-5(2-3-7(18)26-13)14(15)27-16-12(23)9(20)8(19)6(4-17)25-16/h2-3,6,8-9,12,16-17,19-23H,4H2,1H3/t6-,8-,9+,12-,16+/m1/s1. The van der Waals surface area contributed by atoms with E-state index < -0.39 is 60.0 Å². The molecule has 0 radical (unpaired) electrons. The topological polar surface area (TPSA) is 179 Å². The third kappa shape index (κ3) is 3.15. The minimum absolute atomic E-state index is 0.00119. The highest BCUT2D eigenvalue weighted by Gasteiger charge is 2.45. The molecule has 2 heterocycles. The van der Waals surface area contributed by atoms with Gasteiger partial charge >= 0.3 is 5.63 Å². The zero-order valence-corrected chi connectivity index (χ0v) is 14.0. The number of rotatable bonds is 4. The number of aliphatic hydroxyl groups is 4. The van der Waals surface area contributed by atoms with Crippen LogP contribution >= 0.6 is 0 Å². The monoisotopic (exact) mass is 386 g/mol. The van der Waals surface area contributed by atoms with E-state index in [2.05, 4.69) is 0 Å². The van der Waals surface area contributed by atoms with Crippen LogP contribution in [-0.4, -0.2) is 75.1 Å². The van der Waals surface area contributed by atoms with Gasteiger partial charge in [-0.05, 0) is 6.07 Å². The minimum atomic E-state index is -1.73. The van der Waals surface area contributed by atoms with Crippen molar-refractivity contribution in [2.75, 3.05) is 13.7 Å². The fourth-order valence-electron chi connectivity index (χ4n) is 2.80. The molecule has 1 aromatic heterocycles. The summed E-state index contributed by atoms with van der Waals surface area (Å²) >= 11 is 0. The summed E-state index contributed by atoms with van der Waals surface area (Å²) in [4.78, 5) is 11.4. The van der Waals surface area contributed by atoms with Crippen molar-refractivity contribution in [2.45, 2.75) is 30.7 Å². The van der Waals surface area contributed by atoms with E-state index in [9.17, 15) is 35.4 Å². The van der Waals surface area contributed by atoms with E-state index >= 15 is 0 Å². The van der Waals surface area contributed by atoms with Gasteiger partial charge in [0.25, 0.3) is 0 Å². The van der Waals surface area contributed by atoms with Crippen LogP contribution in [0.4, 0.5) is 0 Å². The van der Waals surface area contributed by atoms with Crippen molar-refractivity contribution in [1.29, 1.82) is 0 Å². The molecule has 148 valence electrons. The van der Waals surface area contributed by atoms with Crippen LogP contribution in [0.1, 0.15) is 0 Å². The van der Waals surface area contributed by atoms with Crippen molar-refractivity contribution < 1.29 is 49.3 Å². The van der Waals surface area contributed by atoms with E-state index in [1.807, 2.05) is 0 Å². The molecule has 0 amide bonds. The van der Waals surface area contributed by atoms with E-state index in [1.54, 1.807) is 0 Å². The van der Waals surface area contributed by atoms with E-state index in [0.717, 1.165) is 6.07 Å². The molecule has 1 saturated heterocycles. The molecule has 5 atom stereocenters. The molecule has 27 heavy (non-hydrogen) atoms. The van der Waals surface area contributed by atoms with E-state index in [1.165, 1.54) is 13.2 Å². The quantitative estimate of drug-likeness (QED) is 0.263. The number of aromatic hydroxyl groups is 2. The average molecular weight is 386 g/mol. The first-order valence-electron chi connectivity index (χ1n) is 7.83. The Hall–Kier alpha value is -2.57. The van der Waals surface area contributed by atoms with E-state index in [-0.39, 0.29) is 16.9 Å². The molecule has 3 rings (SSSR count). The zero-order valence-electron chi connectivity index (χ0n) is 14.0. The van der Waals surface area contributed by atoms with Gasteiger partial charge < -0.3 is 49.3 Å². The van der Waals surface area contributed by atoms with Gasteiger partial charge in [-0.25, -0.2) is 4.79 Å². The third-order valence-electron chi connectivity index (χ3n) is 4.23. The normalized spacial score (nSPS) is 28.3. The summed E-state index contributed by atoms with van der Waals surface area (Å²) in [7, 11) is 1.17. The molecule has 1 aromatic carbocycles. The predicted octanol–water partition coefficient (Wildman–Crippen LogP) is -1.61. The summed E-state index contributed by atoms with van der Waals surface area (Å²) in [6.07, 6.45) is -7.83. The van der Waals surface area contributed by atoms with Crippen LogP contribution in [-0.2, 0) is 4.74 Å². The number of ether oxygens (including phenoxy) is 3. The molecule has 1 aliphatic heterocycles. The summed E-state index contributed by atoms with van der Waals surface area (Å²) in [5.41, 5.74) is -1.21. The van der Waals surface area contributed by atoms with Gasteiger partial charge in [-0.1, -0.05) is 0 Å². The average Bonchev–Trinajstić information content (AvgIpc) is 2.66. The maximum atomic E-state index is 11.4. The number of phenols is 2. The number of fused-ring (bicyclic) bond motifs is 1. The predicted molar refractivity (Wildman–Crippen MR) is 86.8 cm³/mol. The first-order valence-corrected chi connectivity index (χ1v) is 7.83. The Kier molecular flexibility index (Phi) is 5.13. The first-order chi connectivity index (χ1) is 12.8. The highest BCUT2D eigenvalue weighted by atomic mass is 16.7. The molecule has 6 N–H and O–H groups in total. The minimum Gasteiger partial charge on any atom is -0.502 e. The summed E-state index contributed by atoms with van der Waals surface area (Å²) in [6, 6.07) is 2.25. The second kappa shape index (κ2) is 7.21. The third-order valence-corrected chi connectivity index (χ3v) is 4.23. The van der Waals surface area contributed by atoms with Crippen LogP contribution in [0, 0.1) is 0 Å². The largest absolute Gasteiger partial charge is 0.502 e. The van der Waals surface area contributed by atoms with Gasteiger partial charge in [0.1, 0.15) is 24.4 Å². The summed E-state index contributed by atoms with van der Waals surface area (Å²) in [6.45, 7) is -0.668. The van der Waals surface area contributed by atoms with Crippen LogP contribution in [0.25, 0.3) is 11.0 Å². The number of hydrogen-bond acceptors (Lipinski definition) is 11. The van der Waals surface area contributed by atoms with Gasteiger partial charge in [0, 0.05) is 6.07 Å². The van der Waals surface area contributed by atoms with Crippen LogP contribution in [0.15, 0.2) is 21.3 Å². The molecule has 11 nitrogen and oxygen atoms in total. The van der Waals surface area contributed by atoms with Gasteiger partial charge in [-0.15, -0.1) is 0 Å². The maximum absolute atomic E-state index is 11.4. The summed E-state index contributed by atoms with van der Waals surface area (Å²) < 4.78 is 20.7. The Morgan fingerprint density at radius 3 is 2.37 bits per heavy atom. The van der Waals surface area contributed by atoms with Crippen molar-refractivity contribution >= 4 is 11.0 Å². The molecule has 1 fully saturated rings. The van der Waals surface area contributed by atoms with Gasteiger partial charge in [0.15, 0.2) is 11.3 Å². The Morgan fingerprint density at radius 1 is 1.04 bits per heavy atom. The second-order valence-electron chi connectivity index (χ2n) is 5.87. The van der Waals surface area contributed by atoms with E-state index in [0.29, 0.717) is 0 Å². The lowest BCUT2D eigenvalue weighted by molar-refractivity contribution is -0.277. The van der Waals surface area contributed by atoms with Gasteiger partial charge in [-0.3, -0.25) is 0 Å². The molecule has 0 aliphatic carbocycles. The Bertz CT molecular complexity index is 890. The molecule has 0 unspecified atom stereocenters. The molecule has 0 saturated carbocycles. The first kappa shape index (κ1) is 19.2. The Morgan fingerprint density at radius 2 is 1.74 bits per heavy atom. The maximum Gasteiger partial charge on any atom is 0.336 e. The highest BCUT2D eigenvalue weighted by Crippen LogP contribution is 2.50. The fourth-order valence-corrected chi connectivity index (χ4v) is 2.80. The Balaban J connectivity index is 2.11. The summed E-state index contributed by atoms with van der Waals surface area (Å²) in [5, 5.41) is 59.2. The molecule has 0 bridgehead atoms. The van der Waals surface area contributed by atoms with Gasteiger partial charge in [0.2, 0.25) is 23.5 Å². The van der Waals surface area contributed by atoms with Crippen molar-refractivity contribution in [1.82, 2.24) is 0 Å². The number of benzene rings is 1. The molecule has 2 aromatic rings. The number of hydrogen-bond donors (Lipinski definition) is 6. The SMILES string of the molecule is COc1c(O)c(O)c2oc(=O)ccc2c1O[C@@H]1O[C@H](CO)[C@@H](O)[C@H](O)[C@H]1O. The van der Waals surface area contributed by atoms with Gasteiger partial charge in [-0.2, -0.15) is 0 Å².